The summed E-state index contributed by atoms with van der Waals surface area (Å²) in [5.41, 5.74) is 1.57. The van der Waals surface area contributed by atoms with E-state index in [9.17, 15) is 0 Å². The Morgan fingerprint density at radius 3 is 2.53 bits per heavy atom. The van der Waals surface area contributed by atoms with Gasteiger partial charge in [0.05, 0.1) is 6.33 Å². The second-order valence-electron chi connectivity index (χ2n) is 4.56. The summed E-state index contributed by atoms with van der Waals surface area (Å²) in [4.78, 5) is 16.2. The molecular formula is C13H22N6. The molecule has 0 unspecified atom stereocenters. The Balaban J connectivity index is 2.14. The standard InChI is InChI=1S/C13H22N6/c1-3-5-7-14-11-10-12(17-9-16-10)19-13(18-11)15-8-6-4-2/h9H,3-8H2,1-2H3,(H3,14,15,16,17,18,19). The van der Waals surface area contributed by atoms with Gasteiger partial charge in [0.25, 0.3) is 0 Å². The lowest BCUT2D eigenvalue weighted by atomic mass is 10.3. The molecule has 0 spiro atoms. The molecule has 2 aromatic heterocycles. The topological polar surface area (TPSA) is 78.5 Å². The van der Waals surface area contributed by atoms with Crippen LogP contribution in [0, 0.1) is 0 Å². The number of nitrogens with zero attached hydrogens (tertiary/aromatic N) is 3. The van der Waals surface area contributed by atoms with Crippen LogP contribution in [0.2, 0.25) is 0 Å². The zero-order chi connectivity index (χ0) is 13.5. The van der Waals surface area contributed by atoms with Crippen LogP contribution in [0.1, 0.15) is 39.5 Å². The number of unbranched alkanes of at least 4 members (excludes halogenated alkanes) is 2. The second kappa shape index (κ2) is 6.92. The molecule has 0 aliphatic rings. The van der Waals surface area contributed by atoms with Gasteiger partial charge in [-0.1, -0.05) is 26.7 Å². The highest BCUT2D eigenvalue weighted by atomic mass is 15.2. The average molecular weight is 262 g/mol. The number of nitrogens with one attached hydrogen (secondary N) is 3. The molecule has 2 heterocycles. The Bertz CT molecular complexity index is 507. The van der Waals surface area contributed by atoms with Crippen molar-refractivity contribution in [1.29, 1.82) is 0 Å². The monoisotopic (exact) mass is 262 g/mol. The molecule has 104 valence electrons. The summed E-state index contributed by atoms with van der Waals surface area (Å²) in [6.45, 7) is 6.14. The molecule has 2 rings (SSSR count). The fourth-order valence-corrected chi connectivity index (χ4v) is 1.80. The smallest absolute Gasteiger partial charge is 0.226 e. The number of hydrogen-bond acceptors (Lipinski definition) is 5. The van der Waals surface area contributed by atoms with Crippen molar-refractivity contribution in [2.24, 2.45) is 0 Å². The van der Waals surface area contributed by atoms with Gasteiger partial charge in [0.15, 0.2) is 11.5 Å². The Kier molecular flexibility index (Phi) is 4.94. The van der Waals surface area contributed by atoms with E-state index in [2.05, 4.69) is 44.4 Å². The molecule has 3 N–H and O–H groups in total. The number of hydrogen-bond donors (Lipinski definition) is 3. The number of H-pyrrole nitrogens is 1. The maximum absolute atomic E-state index is 4.51. The van der Waals surface area contributed by atoms with Gasteiger partial charge >= 0.3 is 0 Å². The highest BCUT2D eigenvalue weighted by Crippen LogP contribution is 2.18. The maximum atomic E-state index is 4.51. The van der Waals surface area contributed by atoms with Crippen molar-refractivity contribution >= 4 is 22.9 Å². The van der Waals surface area contributed by atoms with Crippen LogP contribution in [-0.2, 0) is 0 Å². The zero-order valence-corrected chi connectivity index (χ0v) is 11.7. The first kappa shape index (κ1) is 13.6. The summed E-state index contributed by atoms with van der Waals surface area (Å²) in [5, 5.41) is 6.59. The van der Waals surface area contributed by atoms with Gasteiger partial charge in [0.1, 0.15) is 5.52 Å². The molecule has 0 atom stereocenters. The van der Waals surface area contributed by atoms with E-state index in [4.69, 9.17) is 0 Å². The molecule has 0 aliphatic carbocycles. The van der Waals surface area contributed by atoms with Crippen molar-refractivity contribution in [2.75, 3.05) is 23.7 Å². The SMILES string of the molecule is CCCCNc1nc(NCCCC)c2[nH]cnc2n1. The van der Waals surface area contributed by atoms with E-state index in [-0.39, 0.29) is 0 Å². The molecule has 0 fully saturated rings. The molecule has 0 aliphatic heterocycles. The Labute approximate surface area is 113 Å². The van der Waals surface area contributed by atoms with Crippen molar-refractivity contribution in [3.63, 3.8) is 0 Å². The molecule has 0 amide bonds. The van der Waals surface area contributed by atoms with Crippen LogP contribution in [0.25, 0.3) is 11.2 Å². The molecular weight excluding hydrogens is 240 g/mol. The molecule has 2 aromatic rings. The fraction of sp³-hybridized carbons (Fsp3) is 0.615. The van der Waals surface area contributed by atoms with E-state index in [0.717, 1.165) is 50.1 Å². The molecule has 0 radical (unpaired) electrons. The third-order valence-corrected chi connectivity index (χ3v) is 2.92. The van der Waals surface area contributed by atoms with E-state index < -0.39 is 0 Å². The number of fused-ring (bicyclic) bond motifs is 1. The number of imidazole rings is 1. The van der Waals surface area contributed by atoms with Gasteiger partial charge in [-0.15, -0.1) is 0 Å². The fourth-order valence-electron chi connectivity index (χ4n) is 1.80. The zero-order valence-electron chi connectivity index (χ0n) is 11.7. The van der Waals surface area contributed by atoms with E-state index in [1.54, 1.807) is 6.33 Å². The first-order valence-electron chi connectivity index (χ1n) is 7.04. The van der Waals surface area contributed by atoms with Crippen molar-refractivity contribution in [2.45, 2.75) is 39.5 Å². The first-order valence-corrected chi connectivity index (χ1v) is 7.04. The van der Waals surface area contributed by atoms with Crippen LogP contribution in [-0.4, -0.2) is 33.0 Å². The number of anilines is 2. The van der Waals surface area contributed by atoms with Gasteiger partial charge in [-0.05, 0) is 12.8 Å². The van der Waals surface area contributed by atoms with Crippen LogP contribution in [0.4, 0.5) is 11.8 Å². The van der Waals surface area contributed by atoms with Crippen molar-refractivity contribution in [3.8, 4) is 0 Å². The van der Waals surface area contributed by atoms with Crippen LogP contribution in [0.5, 0.6) is 0 Å². The lowest BCUT2D eigenvalue weighted by Gasteiger charge is -2.08. The quantitative estimate of drug-likeness (QED) is 0.638. The number of aromatic amines is 1. The second-order valence-corrected chi connectivity index (χ2v) is 4.56. The predicted octanol–water partition coefficient (Wildman–Crippen LogP) is 2.78. The van der Waals surface area contributed by atoms with Crippen LogP contribution in [0.3, 0.4) is 0 Å². The summed E-state index contributed by atoms with van der Waals surface area (Å²) in [5.74, 6) is 1.47. The van der Waals surface area contributed by atoms with Crippen molar-refractivity contribution in [1.82, 2.24) is 19.9 Å². The van der Waals surface area contributed by atoms with Gasteiger partial charge in [0.2, 0.25) is 5.95 Å². The first-order chi connectivity index (χ1) is 9.35. The lowest BCUT2D eigenvalue weighted by molar-refractivity contribution is 0.823. The summed E-state index contributed by atoms with van der Waals surface area (Å²) >= 11 is 0. The minimum atomic E-state index is 0.645. The number of rotatable bonds is 8. The molecule has 0 aromatic carbocycles. The Morgan fingerprint density at radius 1 is 1.05 bits per heavy atom. The van der Waals surface area contributed by atoms with Crippen LogP contribution in [0.15, 0.2) is 6.33 Å². The van der Waals surface area contributed by atoms with Gasteiger partial charge < -0.3 is 15.6 Å². The summed E-state index contributed by atoms with van der Waals surface area (Å²) < 4.78 is 0. The van der Waals surface area contributed by atoms with E-state index in [1.165, 1.54) is 0 Å². The Hall–Kier alpha value is -1.85. The van der Waals surface area contributed by atoms with Crippen molar-refractivity contribution in [3.05, 3.63) is 6.33 Å². The van der Waals surface area contributed by atoms with Gasteiger partial charge in [-0.3, -0.25) is 0 Å². The summed E-state index contributed by atoms with van der Waals surface area (Å²) in [6.07, 6.45) is 6.20. The molecule has 0 saturated heterocycles. The van der Waals surface area contributed by atoms with Gasteiger partial charge in [-0.25, -0.2) is 4.98 Å². The molecule has 0 bridgehead atoms. The lowest BCUT2D eigenvalue weighted by Crippen LogP contribution is -2.09. The highest BCUT2D eigenvalue weighted by Gasteiger charge is 2.08. The summed E-state index contributed by atoms with van der Waals surface area (Å²) in [6, 6.07) is 0. The third-order valence-electron chi connectivity index (χ3n) is 2.92. The normalized spacial score (nSPS) is 10.8. The van der Waals surface area contributed by atoms with Gasteiger partial charge in [0, 0.05) is 13.1 Å². The number of aromatic nitrogens is 4. The predicted molar refractivity (Wildman–Crippen MR) is 78.5 cm³/mol. The summed E-state index contributed by atoms with van der Waals surface area (Å²) in [7, 11) is 0. The Morgan fingerprint density at radius 2 is 1.79 bits per heavy atom. The average Bonchev–Trinajstić information content (AvgIpc) is 2.88. The molecule has 6 nitrogen and oxygen atoms in total. The third kappa shape index (κ3) is 3.56. The molecule has 19 heavy (non-hydrogen) atoms. The van der Waals surface area contributed by atoms with E-state index in [1.807, 2.05) is 0 Å². The largest absolute Gasteiger partial charge is 0.368 e. The van der Waals surface area contributed by atoms with Crippen LogP contribution < -0.4 is 10.6 Å². The highest BCUT2D eigenvalue weighted by molar-refractivity contribution is 5.83. The maximum Gasteiger partial charge on any atom is 0.226 e. The van der Waals surface area contributed by atoms with E-state index in [0.29, 0.717) is 11.6 Å². The van der Waals surface area contributed by atoms with Crippen LogP contribution >= 0.6 is 0 Å². The minimum absolute atomic E-state index is 0.645. The minimum Gasteiger partial charge on any atom is -0.368 e. The molecule has 0 saturated carbocycles. The van der Waals surface area contributed by atoms with Crippen molar-refractivity contribution < 1.29 is 0 Å². The molecule has 6 heteroatoms. The van der Waals surface area contributed by atoms with Gasteiger partial charge in [-0.2, -0.15) is 9.97 Å². The van der Waals surface area contributed by atoms with E-state index >= 15 is 0 Å².